The van der Waals surface area contributed by atoms with E-state index in [1.54, 1.807) is 11.8 Å². The molecule has 132 valence electrons. The zero-order valence-electron chi connectivity index (χ0n) is 13.6. The molecule has 2 rings (SSSR count). The molecule has 1 amide bonds. The fraction of sp³-hybridized carbons (Fsp3) is 0.438. The molecular formula is C16H20Cl2N2O3S. The van der Waals surface area contributed by atoms with Gasteiger partial charge in [0.05, 0.1) is 14.9 Å². The number of carbonyl (C=O) groups is 1. The third kappa shape index (κ3) is 4.11. The summed E-state index contributed by atoms with van der Waals surface area (Å²) < 4.78 is 26.7. The summed E-state index contributed by atoms with van der Waals surface area (Å²) in [6, 6.07) is 4.26. The molecular weight excluding hydrogens is 371 g/mol. The lowest BCUT2D eigenvalue weighted by Gasteiger charge is -2.34. The number of benzene rings is 1. The average molecular weight is 391 g/mol. The SMILES string of the molecule is CCC=C(C)C(=O)N1CCN(S(=O)(=O)c2ccc(Cl)c(Cl)c2)CC1. The number of amides is 1. The Morgan fingerprint density at radius 1 is 1.17 bits per heavy atom. The van der Waals surface area contributed by atoms with Crippen molar-refractivity contribution in [1.82, 2.24) is 9.21 Å². The fourth-order valence-corrected chi connectivity index (χ4v) is 4.37. The maximum absolute atomic E-state index is 12.7. The Morgan fingerprint density at radius 2 is 1.79 bits per heavy atom. The third-order valence-corrected chi connectivity index (χ3v) is 6.54. The van der Waals surface area contributed by atoms with Crippen molar-refractivity contribution in [3.63, 3.8) is 0 Å². The Kier molecular flexibility index (Phi) is 6.31. The molecule has 1 saturated heterocycles. The Balaban J connectivity index is 2.09. The maximum Gasteiger partial charge on any atom is 0.249 e. The van der Waals surface area contributed by atoms with Crippen LogP contribution < -0.4 is 0 Å². The first kappa shape index (κ1) is 19.2. The van der Waals surface area contributed by atoms with Crippen LogP contribution in [-0.2, 0) is 14.8 Å². The van der Waals surface area contributed by atoms with Crippen LogP contribution in [0.1, 0.15) is 20.3 Å². The first-order valence-electron chi connectivity index (χ1n) is 7.68. The average Bonchev–Trinajstić information content (AvgIpc) is 2.57. The Hall–Kier alpha value is -1.08. The van der Waals surface area contributed by atoms with Gasteiger partial charge in [-0.05, 0) is 31.5 Å². The van der Waals surface area contributed by atoms with Crippen molar-refractivity contribution in [3.8, 4) is 0 Å². The summed E-state index contributed by atoms with van der Waals surface area (Å²) >= 11 is 11.7. The van der Waals surface area contributed by atoms with Gasteiger partial charge in [0.1, 0.15) is 0 Å². The number of nitrogens with zero attached hydrogens (tertiary/aromatic N) is 2. The van der Waals surface area contributed by atoms with E-state index in [9.17, 15) is 13.2 Å². The second-order valence-corrected chi connectivity index (χ2v) is 8.32. The molecule has 0 unspecified atom stereocenters. The molecule has 0 radical (unpaired) electrons. The summed E-state index contributed by atoms with van der Waals surface area (Å²) in [5.41, 5.74) is 0.693. The van der Waals surface area contributed by atoms with Gasteiger partial charge in [0.25, 0.3) is 0 Å². The van der Waals surface area contributed by atoms with E-state index in [4.69, 9.17) is 23.2 Å². The largest absolute Gasteiger partial charge is 0.336 e. The summed E-state index contributed by atoms with van der Waals surface area (Å²) in [6.07, 6.45) is 2.67. The minimum Gasteiger partial charge on any atom is -0.336 e. The number of hydrogen-bond acceptors (Lipinski definition) is 3. The van der Waals surface area contributed by atoms with E-state index in [1.165, 1.54) is 22.5 Å². The lowest BCUT2D eigenvalue weighted by atomic mass is 10.2. The number of carbonyl (C=O) groups excluding carboxylic acids is 1. The quantitative estimate of drug-likeness (QED) is 0.741. The lowest BCUT2D eigenvalue weighted by molar-refractivity contribution is -0.128. The summed E-state index contributed by atoms with van der Waals surface area (Å²) in [4.78, 5) is 14.0. The molecule has 0 bridgehead atoms. The fourth-order valence-electron chi connectivity index (χ4n) is 2.56. The van der Waals surface area contributed by atoms with Crippen molar-refractivity contribution in [2.24, 2.45) is 0 Å². The van der Waals surface area contributed by atoms with E-state index in [1.807, 2.05) is 13.0 Å². The van der Waals surface area contributed by atoms with Crippen molar-refractivity contribution in [2.45, 2.75) is 25.2 Å². The second kappa shape index (κ2) is 7.87. The van der Waals surface area contributed by atoms with E-state index in [-0.39, 0.29) is 28.9 Å². The number of piperazine rings is 1. The molecule has 8 heteroatoms. The molecule has 1 aromatic carbocycles. The molecule has 0 aromatic heterocycles. The van der Waals surface area contributed by atoms with Crippen molar-refractivity contribution in [1.29, 1.82) is 0 Å². The predicted octanol–water partition coefficient (Wildman–Crippen LogP) is 3.18. The standard InChI is InChI=1S/C16H20Cl2N2O3S/c1-3-4-12(2)16(21)19-7-9-20(10-8-19)24(22,23)13-5-6-14(17)15(18)11-13/h4-6,11H,3,7-10H2,1-2H3. The minimum atomic E-state index is -3.64. The minimum absolute atomic E-state index is 0.0385. The van der Waals surface area contributed by atoms with Crippen LogP contribution in [0.3, 0.4) is 0 Å². The molecule has 0 spiro atoms. The molecule has 1 aliphatic rings. The predicted molar refractivity (Wildman–Crippen MR) is 95.8 cm³/mol. The molecule has 0 saturated carbocycles. The number of rotatable bonds is 4. The zero-order valence-corrected chi connectivity index (χ0v) is 16.0. The van der Waals surface area contributed by atoms with E-state index in [0.717, 1.165) is 6.42 Å². The summed E-state index contributed by atoms with van der Waals surface area (Å²) in [6.45, 7) is 5.01. The first-order chi connectivity index (χ1) is 11.3. The van der Waals surface area contributed by atoms with Gasteiger partial charge in [0.15, 0.2) is 0 Å². The molecule has 0 N–H and O–H groups in total. The van der Waals surface area contributed by atoms with Gasteiger partial charge >= 0.3 is 0 Å². The van der Waals surface area contributed by atoms with Gasteiger partial charge in [-0.1, -0.05) is 36.2 Å². The molecule has 1 aromatic rings. The topological polar surface area (TPSA) is 57.7 Å². The molecule has 24 heavy (non-hydrogen) atoms. The van der Waals surface area contributed by atoms with Gasteiger partial charge < -0.3 is 4.90 Å². The number of sulfonamides is 1. The summed E-state index contributed by atoms with van der Waals surface area (Å²) in [7, 11) is -3.64. The Bertz CT molecular complexity index is 755. The second-order valence-electron chi connectivity index (χ2n) is 5.57. The lowest BCUT2D eigenvalue weighted by Crippen LogP contribution is -2.50. The first-order valence-corrected chi connectivity index (χ1v) is 9.88. The van der Waals surface area contributed by atoms with Gasteiger partial charge in [0.2, 0.25) is 15.9 Å². The molecule has 0 atom stereocenters. The highest BCUT2D eigenvalue weighted by Gasteiger charge is 2.30. The van der Waals surface area contributed by atoms with E-state index < -0.39 is 10.0 Å². The monoisotopic (exact) mass is 390 g/mol. The summed E-state index contributed by atoms with van der Waals surface area (Å²) in [5, 5.41) is 0.510. The van der Waals surface area contributed by atoms with Crippen molar-refractivity contribution in [3.05, 3.63) is 39.9 Å². The summed E-state index contributed by atoms with van der Waals surface area (Å²) in [5.74, 6) is -0.0385. The molecule has 0 aliphatic carbocycles. The van der Waals surface area contributed by atoms with Crippen LogP contribution in [0, 0.1) is 0 Å². The van der Waals surface area contributed by atoms with E-state index >= 15 is 0 Å². The smallest absolute Gasteiger partial charge is 0.249 e. The van der Waals surface area contributed by atoms with Gasteiger partial charge in [-0.15, -0.1) is 0 Å². The van der Waals surface area contributed by atoms with Gasteiger partial charge in [-0.2, -0.15) is 4.31 Å². The number of halogens is 2. The molecule has 1 heterocycles. The zero-order chi connectivity index (χ0) is 17.9. The highest BCUT2D eigenvalue weighted by atomic mass is 35.5. The van der Waals surface area contributed by atoms with Crippen molar-refractivity contribution in [2.75, 3.05) is 26.2 Å². The van der Waals surface area contributed by atoms with E-state index in [2.05, 4.69) is 0 Å². The Morgan fingerprint density at radius 3 is 2.33 bits per heavy atom. The van der Waals surface area contributed by atoms with Crippen molar-refractivity contribution >= 4 is 39.1 Å². The van der Waals surface area contributed by atoms with Crippen LogP contribution in [0.5, 0.6) is 0 Å². The molecule has 1 aliphatic heterocycles. The van der Waals surface area contributed by atoms with E-state index in [0.29, 0.717) is 23.7 Å². The van der Waals surface area contributed by atoms with Crippen LogP contribution in [-0.4, -0.2) is 49.7 Å². The highest BCUT2D eigenvalue weighted by Crippen LogP contribution is 2.27. The maximum atomic E-state index is 12.7. The van der Waals surface area contributed by atoms with Crippen LogP contribution in [0.15, 0.2) is 34.7 Å². The normalized spacial score (nSPS) is 17.2. The van der Waals surface area contributed by atoms with Crippen LogP contribution >= 0.6 is 23.2 Å². The van der Waals surface area contributed by atoms with Gasteiger partial charge in [-0.25, -0.2) is 8.42 Å². The third-order valence-electron chi connectivity index (χ3n) is 3.90. The molecule has 5 nitrogen and oxygen atoms in total. The Labute approximate surface area is 152 Å². The molecule has 1 fully saturated rings. The van der Waals surface area contributed by atoms with Crippen LogP contribution in [0.25, 0.3) is 0 Å². The van der Waals surface area contributed by atoms with Gasteiger partial charge in [0, 0.05) is 31.8 Å². The number of hydrogen-bond donors (Lipinski definition) is 0. The van der Waals surface area contributed by atoms with Crippen LogP contribution in [0.2, 0.25) is 10.0 Å². The van der Waals surface area contributed by atoms with Crippen molar-refractivity contribution < 1.29 is 13.2 Å². The number of allylic oxidation sites excluding steroid dienone is 1. The highest BCUT2D eigenvalue weighted by molar-refractivity contribution is 7.89. The van der Waals surface area contributed by atoms with Gasteiger partial charge in [-0.3, -0.25) is 4.79 Å². The van der Waals surface area contributed by atoms with Crippen LogP contribution in [0.4, 0.5) is 0 Å².